The molecule has 27 heavy (non-hydrogen) atoms. The zero-order valence-corrected chi connectivity index (χ0v) is 15.6. The fourth-order valence-electron chi connectivity index (χ4n) is 3.69. The van der Waals surface area contributed by atoms with Gasteiger partial charge in [0.15, 0.2) is 6.79 Å². The summed E-state index contributed by atoms with van der Waals surface area (Å²) < 4.78 is 11.7. The summed E-state index contributed by atoms with van der Waals surface area (Å²) in [6.07, 6.45) is 5.51. The van der Waals surface area contributed by atoms with Crippen LogP contribution in [0.1, 0.15) is 28.7 Å². The molecule has 0 amide bonds. The highest BCUT2D eigenvalue weighted by molar-refractivity contribution is 5.30. The summed E-state index contributed by atoms with van der Waals surface area (Å²) in [4.78, 5) is 0. The Morgan fingerprint density at radius 1 is 0.704 bits per heavy atom. The first kappa shape index (κ1) is 17.8. The van der Waals surface area contributed by atoms with Crippen LogP contribution in [0.3, 0.4) is 0 Å². The van der Waals surface area contributed by atoms with Crippen molar-refractivity contribution in [3.05, 3.63) is 101 Å². The van der Waals surface area contributed by atoms with Crippen molar-refractivity contribution in [3.8, 4) is 5.75 Å². The molecule has 3 aromatic rings. The van der Waals surface area contributed by atoms with Crippen LogP contribution in [0.5, 0.6) is 5.75 Å². The largest absolute Gasteiger partial charge is 0.468 e. The quantitative estimate of drug-likeness (QED) is 0.528. The second-order valence-electron chi connectivity index (χ2n) is 7.19. The topological polar surface area (TPSA) is 18.5 Å². The molecule has 1 atom stereocenters. The van der Waals surface area contributed by atoms with Gasteiger partial charge in [-0.2, -0.15) is 0 Å². The Kier molecular flexibility index (Phi) is 5.86. The smallest absolute Gasteiger partial charge is 0.189 e. The van der Waals surface area contributed by atoms with Crippen molar-refractivity contribution >= 4 is 0 Å². The molecule has 2 heteroatoms. The molecular weight excluding hydrogens is 332 g/mol. The van der Waals surface area contributed by atoms with Gasteiger partial charge in [-0.05, 0) is 66.5 Å². The standard InChI is InChI=1S/C25H26O2/c1-2-6-20(7-3-1)10-11-21-12-15-24(16-13-21)26-19-27-25-17-14-22-8-4-5-9-23(22)18-25/h1-9,12-13,15-16,25H,10-11,14,17-19H2. The van der Waals surface area contributed by atoms with E-state index in [9.17, 15) is 0 Å². The van der Waals surface area contributed by atoms with Crippen LogP contribution in [-0.2, 0) is 30.4 Å². The fourth-order valence-corrected chi connectivity index (χ4v) is 3.69. The maximum atomic E-state index is 5.96. The molecular formula is C25H26O2. The Balaban J connectivity index is 1.21. The van der Waals surface area contributed by atoms with Gasteiger partial charge in [0.25, 0.3) is 0 Å². The van der Waals surface area contributed by atoms with Crippen LogP contribution >= 0.6 is 0 Å². The van der Waals surface area contributed by atoms with Crippen molar-refractivity contribution in [2.45, 2.75) is 38.2 Å². The second-order valence-corrected chi connectivity index (χ2v) is 7.19. The minimum absolute atomic E-state index is 0.255. The van der Waals surface area contributed by atoms with Gasteiger partial charge < -0.3 is 9.47 Å². The number of hydrogen-bond acceptors (Lipinski definition) is 2. The van der Waals surface area contributed by atoms with Crippen molar-refractivity contribution in [3.63, 3.8) is 0 Å². The minimum Gasteiger partial charge on any atom is -0.468 e. The van der Waals surface area contributed by atoms with Gasteiger partial charge in [-0.25, -0.2) is 0 Å². The molecule has 4 rings (SSSR count). The molecule has 0 radical (unpaired) electrons. The van der Waals surface area contributed by atoms with E-state index in [0.717, 1.165) is 37.9 Å². The molecule has 2 nitrogen and oxygen atoms in total. The average molecular weight is 358 g/mol. The predicted molar refractivity (Wildman–Crippen MR) is 109 cm³/mol. The van der Waals surface area contributed by atoms with E-state index in [4.69, 9.17) is 9.47 Å². The normalized spacial score (nSPS) is 15.9. The van der Waals surface area contributed by atoms with Crippen LogP contribution in [0.2, 0.25) is 0 Å². The predicted octanol–water partition coefficient (Wildman–Crippen LogP) is 5.38. The van der Waals surface area contributed by atoms with Crippen LogP contribution in [-0.4, -0.2) is 12.9 Å². The third-order valence-electron chi connectivity index (χ3n) is 5.30. The number of fused-ring (bicyclic) bond motifs is 1. The summed E-state index contributed by atoms with van der Waals surface area (Å²) in [5.74, 6) is 0.870. The van der Waals surface area contributed by atoms with E-state index in [1.165, 1.54) is 22.3 Å². The maximum Gasteiger partial charge on any atom is 0.189 e. The molecule has 0 spiro atoms. The Hall–Kier alpha value is -2.58. The third kappa shape index (κ3) is 4.99. The van der Waals surface area contributed by atoms with Gasteiger partial charge in [0.1, 0.15) is 5.75 Å². The summed E-state index contributed by atoms with van der Waals surface area (Å²) in [5, 5.41) is 0. The summed E-state index contributed by atoms with van der Waals surface area (Å²) in [5.41, 5.74) is 5.58. The SMILES string of the molecule is c1ccc(CCc2ccc(OCOC3CCc4ccccc4C3)cc2)cc1. The van der Waals surface area contributed by atoms with Crippen molar-refractivity contribution in [1.29, 1.82) is 0 Å². The average Bonchev–Trinajstić information content (AvgIpc) is 2.74. The molecule has 3 aromatic carbocycles. The zero-order chi connectivity index (χ0) is 18.3. The highest BCUT2D eigenvalue weighted by atomic mass is 16.7. The molecule has 0 bridgehead atoms. The fraction of sp³-hybridized carbons (Fsp3) is 0.280. The summed E-state index contributed by atoms with van der Waals surface area (Å²) in [6.45, 7) is 0.316. The van der Waals surface area contributed by atoms with E-state index in [-0.39, 0.29) is 6.10 Å². The van der Waals surface area contributed by atoms with E-state index in [1.807, 2.05) is 12.1 Å². The lowest BCUT2D eigenvalue weighted by Crippen LogP contribution is -2.24. The molecule has 0 aromatic heterocycles. The van der Waals surface area contributed by atoms with Crippen molar-refractivity contribution < 1.29 is 9.47 Å². The zero-order valence-electron chi connectivity index (χ0n) is 15.6. The first-order valence-electron chi connectivity index (χ1n) is 9.81. The van der Waals surface area contributed by atoms with Crippen LogP contribution < -0.4 is 4.74 Å². The highest BCUT2D eigenvalue weighted by Crippen LogP contribution is 2.23. The van der Waals surface area contributed by atoms with Gasteiger partial charge in [0.2, 0.25) is 0 Å². The Morgan fingerprint density at radius 2 is 1.37 bits per heavy atom. The highest BCUT2D eigenvalue weighted by Gasteiger charge is 2.18. The molecule has 1 aliphatic rings. The van der Waals surface area contributed by atoms with E-state index in [0.29, 0.717) is 6.79 Å². The van der Waals surface area contributed by atoms with Crippen LogP contribution in [0.15, 0.2) is 78.9 Å². The molecule has 0 N–H and O–H groups in total. The van der Waals surface area contributed by atoms with E-state index in [1.54, 1.807) is 0 Å². The lowest BCUT2D eigenvalue weighted by molar-refractivity contribution is -0.0407. The molecule has 0 aliphatic heterocycles. The van der Waals surface area contributed by atoms with E-state index < -0.39 is 0 Å². The van der Waals surface area contributed by atoms with Crippen LogP contribution in [0, 0.1) is 0 Å². The van der Waals surface area contributed by atoms with Gasteiger partial charge in [-0.15, -0.1) is 0 Å². The van der Waals surface area contributed by atoms with Crippen molar-refractivity contribution in [2.75, 3.05) is 6.79 Å². The van der Waals surface area contributed by atoms with Gasteiger partial charge in [-0.3, -0.25) is 0 Å². The van der Waals surface area contributed by atoms with Gasteiger partial charge >= 0.3 is 0 Å². The van der Waals surface area contributed by atoms with Crippen LogP contribution in [0.25, 0.3) is 0 Å². The second kappa shape index (κ2) is 8.88. The number of aryl methyl sites for hydroxylation is 3. The number of rotatable bonds is 7. The monoisotopic (exact) mass is 358 g/mol. The Labute approximate surface area is 161 Å². The van der Waals surface area contributed by atoms with Gasteiger partial charge in [0, 0.05) is 0 Å². The maximum absolute atomic E-state index is 5.96. The van der Waals surface area contributed by atoms with Gasteiger partial charge in [-0.1, -0.05) is 66.7 Å². The molecule has 138 valence electrons. The van der Waals surface area contributed by atoms with E-state index in [2.05, 4.69) is 66.7 Å². The lowest BCUT2D eigenvalue weighted by atomic mass is 9.90. The first-order valence-corrected chi connectivity index (χ1v) is 9.81. The molecule has 0 heterocycles. The number of ether oxygens (including phenoxy) is 2. The summed E-state index contributed by atoms with van der Waals surface area (Å²) >= 11 is 0. The molecule has 1 unspecified atom stereocenters. The number of benzene rings is 3. The Bertz CT molecular complexity index is 840. The first-order chi connectivity index (χ1) is 13.4. The van der Waals surface area contributed by atoms with E-state index >= 15 is 0 Å². The van der Waals surface area contributed by atoms with Crippen molar-refractivity contribution in [1.82, 2.24) is 0 Å². The Morgan fingerprint density at radius 3 is 2.15 bits per heavy atom. The summed E-state index contributed by atoms with van der Waals surface area (Å²) in [6, 6.07) is 27.6. The lowest BCUT2D eigenvalue weighted by Gasteiger charge is -2.24. The van der Waals surface area contributed by atoms with Gasteiger partial charge in [0.05, 0.1) is 6.10 Å². The van der Waals surface area contributed by atoms with Crippen molar-refractivity contribution in [2.24, 2.45) is 0 Å². The van der Waals surface area contributed by atoms with Crippen LogP contribution in [0.4, 0.5) is 0 Å². The number of hydrogen-bond donors (Lipinski definition) is 0. The molecule has 1 aliphatic carbocycles. The summed E-state index contributed by atoms with van der Waals surface area (Å²) in [7, 11) is 0. The molecule has 0 saturated heterocycles. The molecule has 0 fully saturated rings. The minimum atomic E-state index is 0.255. The third-order valence-corrected chi connectivity index (χ3v) is 5.30. The molecule has 0 saturated carbocycles.